The molecule has 3 N–H and O–H groups in total. The van der Waals surface area contributed by atoms with Crippen molar-refractivity contribution < 1.29 is 4.79 Å². The number of carbonyl (C=O) groups excluding carboxylic acids is 1. The number of unbranched alkanes of at least 4 members (excludes halogenated alkanes) is 1. The van der Waals surface area contributed by atoms with Crippen LogP contribution in [0.2, 0.25) is 0 Å². The summed E-state index contributed by atoms with van der Waals surface area (Å²) in [6.45, 7) is 0.695. The molecule has 1 amide bonds. The van der Waals surface area contributed by atoms with Crippen LogP contribution < -0.4 is 11.1 Å². The Balaban J connectivity index is 1.99. The van der Waals surface area contributed by atoms with Gasteiger partial charge in [-0.1, -0.05) is 0 Å². The van der Waals surface area contributed by atoms with Crippen LogP contribution in [0, 0.1) is 0 Å². The van der Waals surface area contributed by atoms with Crippen LogP contribution in [0.4, 0.5) is 5.69 Å². The molecular weight excluding hydrogens is 278 g/mol. The average Bonchev–Trinajstić information content (AvgIpc) is 2.76. The van der Waals surface area contributed by atoms with E-state index in [9.17, 15) is 4.79 Å². The zero-order chi connectivity index (χ0) is 13.7. The summed E-state index contributed by atoms with van der Waals surface area (Å²) in [6, 6.07) is 3.72. The highest BCUT2D eigenvalue weighted by Crippen LogP contribution is 2.31. The number of rotatable bonds is 6. The minimum Gasteiger partial charge on any atom is -0.397 e. The van der Waals surface area contributed by atoms with Crippen molar-refractivity contribution in [3.05, 3.63) is 23.2 Å². The van der Waals surface area contributed by atoms with E-state index >= 15 is 0 Å². The second-order valence-electron chi connectivity index (χ2n) is 4.16. The summed E-state index contributed by atoms with van der Waals surface area (Å²) >= 11 is 3.17. The third kappa shape index (κ3) is 3.39. The van der Waals surface area contributed by atoms with Crippen molar-refractivity contribution in [1.82, 2.24) is 10.3 Å². The zero-order valence-corrected chi connectivity index (χ0v) is 12.4. The molecule has 2 aromatic rings. The number of fused-ring (bicyclic) bond motifs is 1. The van der Waals surface area contributed by atoms with Crippen molar-refractivity contribution in [2.75, 3.05) is 24.3 Å². The lowest BCUT2D eigenvalue weighted by atomic mass is 10.2. The number of pyridine rings is 1. The van der Waals surface area contributed by atoms with E-state index in [1.807, 2.05) is 23.9 Å². The summed E-state index contributed by atoms with van der Waals surface area (Å²) in [5.41, 5.74) is 6.53. The molecule has 0 radical (unpaired) electrons. The van der Waals surface area contributed by atoms with Crippen LogP contribution in [-0.2, 0) is 0 Å². The lowest BCUT2D eigenvalue weighted by Gasteiger charge is -2.03. The molecule has 0 fully saturated rings. The fourth-order valence-corrected chi connectivity index (χ4v) is 3.25. The first kappa shape index (κ1) is 14.1. The molecule has 2 rings (SSSR count). The SMILES string of the molecule is CSCCCCNC(=O)c1sc2ncccc2c1N. The fraction of sp³-hybridized carbons (Fsp3) is 0.385. The van der Waals surface area contributed by atoms with Gasteiger partial charge in [0.15, 0.2) is 0 Å². The van der Waals surface area contributed by atoms with Crippen LogP contribution >= 0.6 is 23.1 Å². The van der Waals surface area contributed by atoms with E-state index in [4.69, 9.17) is 5.73 Å². The summed E-state index contributed by atoms with van der Waals surface area (Å²) in [6.07, 6.45) is 5.91. The summed E-state index contributed by atoms with van der Waals surface area (Å²) in [7, 11) is 0. The van der Waals surface area contributed by atoms with Crippen molar-refractivity contribution >= 4 is 44.9 Å². The number of hydrogen-bond donors (Lipinski definition) is 2. The van der Waals surface area contributed by atoms with Crippen molar-refractivity contribution in [3.63, 3.8) is 0 Å². The molecule has 2 heterocycles. The standard InChI is InChI=1S/C13H17N3OS2/c1-18-8-3-2-6-15-12(17)11-10(14)9-5-4-7-16-13(9)19-11/h4-5,7H,2-3,6,8,14H2,1H3,(H,15,17). The number of nitrogens with two attached hydrogens (primary N) is 1. The van der Waals surface area contributed by atoms with Crippen LogP contribution in [0.3, 0.4) is 0 Å². The van der Waals surface area contributed by atoms with E-state index in [0.29, 0.717) is 17.1 Å². The van der Waals surface area contributed by atoms with Gasteiger partial charge >= 0.3 is 0 Å². The molecule has 0 aliphatic rings. The first-order chi connectivity index (χ1) is 9.24. The van der Waals surface area contributed by atoms with Gasteiger partial charge in [0.05, 0.1) is 5.69 Å². The summed E-state index contributed by atoms with van der Waals surface area (Å²) in [5.74, 6) is 1.04. The van der Waals surface area contributed by atoms with E-state index in [1.54, 1.807) is 6.20 Å². The molecule has 0 spiro atoms. The maximum absolute atomic E-state index is 12.1. The number of aromatic nitrogens is 1. The van der Waals surface area contributed by atoms with Crippen LogP contribution in [-0.4, -0.2) is 29.4 Å². The molecule has 0 aliphatic carbocycles. The number of anilines is 1. The van der Waals surface area contributed by atoms with Gasteiger partial charge in [0.1, 0.15) is 9.71 Å². The molecule has 0 aromatic carbocycles. The highest BCUT2D eigenvalue weighted by Gasteiger charge is 2.16. The van der Waals surface area contributed by atoms with E-state index in [0.717, 1.165) is 28.8 Å². The number of nitrogen functional groups attached to an aromatic ring is 1. The minimum atomic E-state index is -0.0929. The van der Waals surface area contributed by atoms with Gasteiger partial charge in [-0.3, -0.25) is 4.79 Å². The minimum absolute atomic E-state index is 0.0929. The maximum Gasteiger partial charge on any atom is 0.263 e. The number of thiophene rings is 1. The van der Waals surface area contributed by atoms with Gasteiger partial charge in [0.25, 0.3) is 5.91 Å². The number of amides is 1. The lowest BCUT2D eigenvalue weighted by molar-refractivity contribution is 0.0958. The zero-order valence-electron chi connectivity index (χ0n) is 10.8. The third-order valence-corrected chi connectivity index (χ3v) is 4.60. The molecule has 0 bridgehead atoms. The van der Waals surface area contributed by atoms with Gasteiger partial charge in [-0.2, -0.15) is 11.8 Å². The topological polar surface area (TPSA) is 68.0 Å². The quantitative estimate of drug-likeness (QED) is 0.804. The summed E-state index contributed by atoms with van der Waals surface area (Å²) < 4.78 is 0. The highest BCUT2D eigenvalue weighted by atomic mass is 32.2. The van der Waals surface area contributed by atoms with E-state index in [2.05, 4.69) is 16.6 Å². The Morgan fingerprint density at radius 1 is 1.53 bits per heavy atom. The van der Waals surface area contributed by atoms with Crippen molar-refractivity contribution in [2.24, 2.45) is 0 Å². The first-order valence-electron chi connectivity index (χ1n) is 6.14. The second-order valence-corrected chi connectivity index (χ2v) is 6.14. The van der Waals surface area contributed by atoms with Crippen LogP contribution in [0.15, 0.2) is 18.3 Å². The number of hydrogen-bond acceptors (Lipinski definition) is 5. The summed E-state index contributed by atoms with van der Waals surface area (Å²) in [5, 5.41) is 3.78. The average molecular weight is 295 g/mol. The Kier molecular flexibility index (Phi) is 5.04. The Morgan fingerprint density at radius 3 is 3.11 bits per heavy atom. The normalized spacial score (nSPS) is 10.8. The van der Waals surface area contributed by atoms with Crippen LogP contribution in [0.25, 0.3) is 10.2 Å². The van der Waals surface area contributed by atoms with Crippen molar-refractivity contribution in [1.29, 1.82) is 0 Å². The maximum atomic E-state index is 12.1. The molecule has 6 heteroatoms. The van der Waals surface area contributed by atoms with Gasteiger partial charge in [-0.25, -0.2) is 4.98 Å². The molecule has 19 heavy (non-hydrogen) atoms. The highest BCUT2D eigenvalue weighted by molar-refractivity contribution is 7.98. The van der Waals surface area contributed by atoms with Crippen molar-refractivity contribution in [2.45, 2.75) is 12.8 Å². The number of nitrogens with zero attached hydrogens (tertiary/aromatic N) is 1. The number of nitrogens with one attached hydrogen (secondary N) is 1. The molecule has 0 saturated heterocycles. The van der Waals surface area contributed by atoms with E-state index in [1.165, 1.54) is 11.3 Å². The predicted octanol–water partition coefficient (Wildman–Crippen LogP) is 2.75. The Bertz CT molecular complexity index is 568. The Morgan fingerprint density at radius 2 is 2.37 bits per heavy atom. The molecule has 2 aromatic heterocycles. The van der Waals surface area contributed by atoms with Crippen LogP contribution in [0.1, 0.15) is 22.5 Å². The first-order valence-corrected chi connectivity index (χ1v) is 8.35. The Labute approximate surface area is 120 Å². The second kappa shape index (κ2) is 6.77. The van der Waals surface area contributed by atoms with Gasteiger partial charge in [0, 0.05) is 18.1 Å². The molecule has 0 unspecified atom stereocenters. The predicted molar refractivity (Wildman–Crippen MR) is 84.0 cm³/mol. The van der Waals surface area contributed by atoms with E-state index < -0.39 is 0 Å². The number of carbonyl (C=O) groups is 1. The van der Waals surface area contributed by atoms with Crippen molar-refractivity contribution in [3.8, 4) is 0 Å². The van der Waals surface area contributed by atoms with Gasteiger partial charge < -0.3 is 11.1 Å². The molecule has 0 atom stereocenters. The molecule has 0 saturated carbocycles. The van der Waals surface area contributed by atoms with Crippen LogP contribution in [0.5, 0.6) is 0 Å². The monoisotopic (exact) mass is 295 g/mol. The molecular formula is C13H17N3OS2. The third-order valence-electron chi connectivity index (χ3n) is 2.77. The van der Waals surface area contributed by atoms with Gasteiger partial charge in [-0.15, -0.1) is 11.3 Å². The Hall–Kier alpha value is -1.27. The molecule has 102 valence electrons. The largest absolute Gasteiger partial charge is 0.397 e. The summed E-state index contributed by atoms with van der Waals surface area (Å²) in [4.78, 5) is 17.7. The number of thioether (sulfide) groups is 1. The molecule has 0 aliphatic heterocycles. The van der Waals surface area contributed by atoms with Gasteiger partial charge in [0.2, 0.25) is 0 Å². The lowest BCUT2D eigenvalue weighted by Crippen LogP contribution is -2.24. The van der Waals surface area contributed by atoms with Gasteiger partial charge in [-0.05, 0) is 37.0 Å². The fourth-order valence-electron chi connectivity index (χ4n) is 1.77. The smallest absolute Gasteiger partial charge is 0.263 e. The molecule has 4 nitrogen and oxygen atoms in total. The van der Waals surface area contributed by atoms with E-state index in [-0.39, 0.29) is 5.91 Å².